The van der Waals surface area contributed by atoms with Crippen LogP contribution in [0.2, 0.25) is 0 Å². The molecule has 0 saturated carbocycles. The second kappa shape index (κ2) is 9.77. The van der Waals surface area contributed by atoms with E-state index >= 15 is 0 Å². The predicted octanol–water partition coefficient (Wildman–Crippen LogP) is 0.419. The number of hydrogen-bond acceptors (Lipinski definition) is 4. The average Bonchev–Trinajstić information content (AvgIpc) is 2.40. The third-order valence-corrected chi connectivity index (χ3v) is 3.60. The molecule has 114 valence electrons. The van der Waals surface area contributed by atoms with Gasteiger partial charge in [0.2, 0.25) is 0 Å². The summed E-state index contributed by atoms with van der Waals surface area (Å²) in [4.78, 5) is 14.3. The number of halogens is 2. The molecule has 0 aromatic carbocycles. The Morgan fingerprint density at radius 1 is 1.37 bits per heavy atom. The minimum absolute atomic E-state index is 0. The first kappa shape index (κ1) is 18.9. The van der Waals surface area contributed by atoms with Crippen LogP contribution in [0, 0.1) is 0 Å². The van der Waals surface area contributed by atoms with Crippen LogP contribution in [0.15, 0.2) is 0 Å². The Labute approximate surface area is 127 Å². The Morgan fingerprint density at radius 2 is 2.05 bits per heavy atom. The van der Waals surface area contributed by atoms with Gasteiger partial charge >= 0.3 is 0 Å². The summed E-state index contributed by atoms with van der Waals surface area (Å²) in [6, 6.07) is 0.329. The summed E-state index contributed by atoms with van der Waals surface area (Å²) in [6.45, 7) is 7.58. The number of carbonyl (C=O) groups is 1. The number of morpholine rings is 1. The third kappa shape index (κ3) is 5.83. The lowest BCUT2D eigenvalue weighted by atomic mass is 10.0. The minimum Gasteiger partial charge on any atom is -0.366 e. The van der Waals surface area contributed by atoms with Gasteiger partial charge < -0.3 is 20.3 Å². The van der Waals surface area contributed by atoms with Crippen LogP contribution in [0.1, 0.15) is 19.8 Å². The Morgan fingerprint density at radius 3 is 2.58 bits per heavy atom. The van der Waals surface area contributed by atoms with Gasteiger partial charge in [-0.15, -0.1) is 24.8 Å². The molecule has 2 saturated heterocycles. The van der Waals surface area contributed by atoms with Crippen molar-refractivity contribution in [3.63, 3.8) is 0 Å². The number of hydrogen-bond donors (Lipinski definition) is 2. The van der Waals surface area contributed by atoms with Gasteiger partial charge in [-0.2, -0.15) is 0 Å². The summed E-state index contributed by atoms with van der Waals surface area (Å²) >= 11 is 0. The molecule has 2 aliphatic heterocycles. The maximum Gasteiger partial charge on any atom is 0.250 e. The number of rotatable bonds is 3. The maximum absolute atomic E-state index is 11.9. The van der Waals surface area contributed by atoms with Crippen LogP contribution in [0.25, 0.3) is 0 Å². The van der Waals surface area contributed by atoms with Crippen molar-refractivity contribution in [2.24, 2.45) is 0 Å². The molecule has 0 aliphatic carbocycles. The van der Waals surface area contributed by atoms with E-state index in [4.69, 9.17) is 4.74 Å². The molecule has 7 heteroatoms. The van der Waals surface area contributed by atoms with E-state index in [9.17, 15) is 4.79 Å². The summed E-state index contributed by atoms with van der Waals surface area (Å²) < 4.78 is 5.44. The number of likely N-dealkylation sites (tertiary alicyclic amines) is 1. The summed E-state index contributed by atoms with van der Waals surface area (Å²) in [7, 11) is 0. The van der Waals surface area contributed by atoms with Crippen LogP contribution < -0.4 is 10.6 Å². The summed E-state index contributed by atoms with van der Waals surface area (Å²) in [5.41, 5.74) is 0. The predicted molar refractivity (Wildman–Crippen MR) is 80.4 cm³/mol. The fourth-order valence-corrected chi connectivity index (χ4v) is 2.42. The van der Waals surface area contributed by atoms with Gasteiger partial charge in [-0.3, -0.25) is 4.79 Å². The van der Waals surface area contributed by atoms with Crippen molar-refractivity contribution >= 4 is 30.7 Å². The van der Waals surface area contributed by atoms with Gasteiger partial charge in [-0.25, -0.2) is 0 Å². The number of nitrogens with zero attached hydrogens (tertiary/aromatic N) is 1. The number of carbonyl (C=O) groups excluding carboxylic acids is 1. The fraction of sp³-hybridized carbons (Fsp3) is 0.917. The molecule has 19 heavy (non-hydrogen) atoms. The fourth-order valence-electron chi connectivity index (χ4n) is 2.42. The maximum atomic E-state index is 11.9. The highest BCUT2D eigenvalue weighted by atomic mass is 35.5. The summed E-state index contributed by atoms with van der Waals surface area (Å²) in [5.74, 6) is 0.0483. The molecule has 0 radical (unpaired) electrons. The van der Waals surface area contributed by atoms with Gasteiger partial charge in [0.05, 0.1) is 6.61 Å². The first-order chi connectivity index (χ1) is 8.29. The summed E-state index contributed by atoms with van der Waals surface area (Å²) in [6.07, 6.45) is 1.81. The second-order valence-corrected chi connectivity index (χ2v) is 4.78. The molecule has 2 rings (SSSR count). The van der Waals surface area contributed by atoms with Crippen molar-refractivity contribution in [2.75, 3.05) is 39.3 Å². The topological polar surface area (TPSA) is 53.6 Å². The van der Waals surface area contributed by atoms with Crippen molar-refractivity contribution in [1.82, 2.24) is 15.5 Å². The highest BCUT2D eigenvalue weighted by molar-refractivity contribution is 5.85. The van der Waals surface area contributed by atoms with E-state index in [0.717, 1.165) is 39.0 Å². The minimum atomic E-state index is -0.298. The third-order valence-electron chi connectivity index (χ3n) is 3.60. The number of amides is 1. The molecular weight excluding hydrogens is 289 g/mol. The van der Waals surface area contributed by atoms with Crippen molar-refractivity contribution in [3.05, 3.63) is 0 Å². The van der Waals surface area contributed by atoms with Gasteiger partial charge in [-0.1, -0.05) is 6.92 Å². The Balaban J connectivity index is 0.00000162. The van der Waals surface area contributed by atoms with E-state index in [1.165, 1.54) is 0 Å². The molecule has 2 fully saturated rings. The molecule has 5 nitrogen and oxygen atoms in total. The van der Waals surface area contributed by atoms with E-state index in [1.54, 1.807) is 0 Å². The molecule has 0 aromatic heterocycles. The molecule has 1 atom stereocenters. The average molecular weight is 314 g/mol. The second-order valence-electron chi connectivity index (χ2n) is 4.78. The molecular formula is C12H25Cl2N3O2. The largest absolute Gasteiger partial charge is 0.366 e. The number of piperidine rings is 1. The zero-order valence-corrected chi connectivity index (χ0v) is 13.0. The monoisotopic (exact) mass is 313 g/mol. The van der Waals surface area contributed by atoms with Crippen LogP contribution in [0.4, 0.5) is 0 Å². The lowest BCUT2D eigenvalue weighted by Gasteiger charge is -2.32. The van der Waals surface area contributed by atoms with E-state index in [-0.39, 0.29) is 36.8 Å². The molecule has 1 unspecified atom stereocenters. The zero-order chi connectivity index (χ0) is 12.1. The van der Waals surface area contributed by atoms with Crippen molar-refractivity contribution in [3.8, 4) is 0 Å². The number of nitrogens with one attached hydrogen (secondary N) is 2. The SMILES string of the molecule is CCN1CCC(NC(=O)C2CNCCO2)CC1.Cl.Cl. The van der Waals surface area contributed by atoms with Gasteiger partial charge in [-0.05, 0) is 19.4 Å². The quantitative estimate of drug-likeness (QED) is 0.793. The molecule has 2 aliphatic rings. The first-order valence-electron chi connectivity index (χ1n) is 6.64. The van der Waals surface area contributed by atoms with E-state index in [2.05, 4.69) is 22.5 Å². The van der Waals surface area contributed by atoms with Crippen molar-refractivity contribution in [1.29, 1.82) is 0 Å². The molecule has 2 N–H and O–H groups in total. The first-order valence-corrected chi connectivity index (χ1v) is 6.64. The van der Waals surface area contributed by atoms with E-state index in [1.807, 2.05) is 0 Å². The van der Waals surface area contributed by atoms with Crippen LogP contribution >= 0.6 is 24.8 Å². The smallest absolute Gasteiger partial charge is 0.250 e. The summed E-state index contributed by atoms with van der Waals surface area (Å²) in [5, 5.41) is 6.28. The molecule has 0 spiro atoms. The van der Waals surface area contributed by atoms with Gasteiger partial charge in [0.1, 0.15) is 6.10 Å². The van der Waals surface area contributed by atoms with Crippen LogP contribution in [0.5, 0.6) is 0 Å². The normalized spacial score (nSPS) is 25.0. The Kier molecular flexibility index (Phi) is 9.74. The van der Waals surface area contributed by atoms with Gasteiger partial charge in [0, 0.05) is 32.2 Å². The van der Waals surface area contributed by atoms with Crippen LogP contribution in [0.3, 0.4) is 0 Å². The van der Waals surface area contributed by atoms with Crippen LogP contribution in [-0.2, 0) is 9.53 Å². The lowest BCUT2D eigenvalue weighted by molar-refractivity contribution is -0.135. The highest BCUT2D eigenvalue weighted by Crippen LogP contribution is 2.10. The molecule has 0 aromatic rings. The lowest BCUT2D eigenvalue weighted by Crippen LogP contribution is -2.52. The van der Waals surface area contributed by atoms with Crippen molar-refractivity contribution in [2.45, 2.75) is 31.9 Å². The molecule has 2 heterocycles. The van der Waals surface area contributed by atoms with Gasteiger partial charge in [0.15, 0.2) is 0 Å². The van der Waals surface area contributed by atoms with Crippen molar-refractivity contribution < 1.29 is 9.53 Å². The Hall–Kier alpha value is -0.0700. The van der Waals surface area contributed by atoms with Gasteiger partial charge in [0.25, 0.3) is 5.91 Å². The van der Waals surface area contributed by atoms with E-state index < -0.39 is 0 Å². The molecule has 0 bridgehead atoms. The number of ether oxygens (including phenoxy) is 1. The van der Waals surface area contributed by atoms with Crippen LogP contribution in [-0.4, -0.2) is 62.3 Å². The Bertz CT molecular complexity index is 255. The van der Waals surface area contributed by atoms with E-state index in [0.29, 0.717) is 19.2 Å². The molecule has 1 amide bonds. The standard InChI is InChI=1S/C12H23N3O2.2ClH/c1-2-15-6-3-10(4-7-15)14-12(16)11-9-13-5-8-17-11;;/h10-11,13H,2-9H2,1H3,(H,14,16);2*1H. The highest BCUT2D eigenvalue weighted by Gasteiger charge is 2.25. The zero-order valence-electron chi connectivity index (χ0n) is 11.4.